The van der Waals surface area contributed by atoms with Crippen molar-refractivity contribution in [1.82, 2.24) is 0 Å². The fourth-order valence-corrected chi connectivity index (χ4v) is 7.12. The molecule has 46 heavy (non-hydrogen) atoms. The molecule has 2 nitrogen and oxygen atoms in total. The second-order valence-corrected chi connectivity index (χ2v) is 14.3. The van der Waals surface area contributed by atoms with E-state index >= 15 is 0 Å². The van der Waals surface area contributed by atoms with Gasteiger partial charge < -0.3 is 9.80 Å². The lowest BCUT2D eigenvalue weighted by Gasteiger charge is -2.31. The zero-order valence-corrected chi connectivity index (χ0v) is 31.3. The minimum absolute atomic E-state index is 1.08. The maximum absolute atomic E-state index is 3.65. The first-order valence-electron chi connectivity index (χ1n) is 16.6. The molecule has 0 atom stereocenters. The smallest absolute Gasteiger partial charge is 0.0520 e. The number of halogens is 2. The average molecular weight is 739 g/mol. The molecule has 0 aliphatic heterocycles. The van der Waals surface area contributed by atoms with Gasteiger partial charge in [0.25, 0.3) is 0 Å². The summed E-state index contributed by atoms with van der Waals surface area (Å²) < 4.78 is 2.15. The van der Waals surface area contributed by atoms with Crippen molar-refractivity contribution in [2.45, 2.75) is 80.1 Å². The topological polar surface area (TPSA) is 6.48 Å². The van der Waals surface area contributed by atoms with Gasteiger partial charge in [0.15, 0.2) is 0 Å². The predicted molar refractivity (Wildman–Crippen MR) is 207 cm³/mol. The van der Waals surface area contributed by atoms with Crippen LogP contribution in [0.15, 0.2) is 106 Å². The first-order valence-corrected chi connectivity index (χ1v) is 18.2. The average Bonchev–Trinajstić information content (AvgIpc) is 3.04. The molecule has 0 radical (unpaired) electrons. The quantitative estimate of drug-likeness (QED) is 0.126. The van der Waals surface area contributed by atoms with Crippen LogP contribution in [0.25, 0.3) is 0 Å². The third kappa shape index (κ3) is 7.78. The van der Waals surface area contributed by atoms with Gasteiger partial charge in [-0.1, -0.05) is 82.8 Å². The number of anilines is 6. The lowest BCUT2D eigenvalue weighted by atomic mass is 9.98. The molecule has 0 fully saturated rings. The molecule has 0 unspecified atom stereocenters. The maximum Gasteiger partial charge on any atom is 0.0520 e. The standard InChI is InChI=1S/C42H46Br2N2/c1-7-9-11-33-25-29(3)41(30(4)26-33)45(37-17-13-35(43)14-18-37)39-21-23-40(24-22-39)46(38-19-15-36(44)16-20-38)42-31(5)27-34(12-10-8-2)28-32(42)6/h13-28H,7-12H2,1-6H3. The fourth-order valence-electron chi connectivity index (χ4n) is 6.59. The maximum atomic E-state index is 3.65. The Hall–Kier alpha value is -3.34. The minimum atomic E-state index is 1.08. The van der Waals surface area contributed by atoms with Crippen LogP contribution in [0.3, 0.4) is 0 Å². The second kappa shape index (κ2) is 15.5. The molecule has 5 aromatic carbocycles. The van der Waals surface area contributed by atoms with E-state index in [0.717, 1.165) is 44.5 Å². The summed E-state index contributed by atoms with van der Waals surface area (Å²) in [6.45, 7) is 13.5. The van der Waals surface area contributed by atoms with Crippen LogP contribution in [0, 0.1) is 27.7 Å². The Morgan fingerprint density at radius 1 is 0.435 bits per heavy atom. The van der Waals surface area contributed by atoms with Gasteiger partial charge in [-0.25, -0.2) is 0 Å². The van der Waals surface area contributed by atoms with Gasteiger partial charge in [0.05, 0.1) is 11.4 Å². The Bertz CT molecular complexity index is 1580. The number of benzene rings is 5. The van der Waals surface area contributed by atoms with E-state index < -0.39 is 0 Å². The molecule has 0 amide bonds. The van der Waals surface area contributed by atoms with Crippen LogP contribution in [-0.2, 0) is 12.8 Å². The molecule has 0 heterocycles. The molecule has 0 saturated carbocycles. The van der Waals surface area contributed by atoms with E-state index in [9.17, 15) is 0 Å². The highest BCUT2D eigenvalue weighted by Crippen LogP contribution is 2.43. The van der Waals surface area contributed by atoms with Crippen LogP contribution in [0.4, 0.5) is 34.1 Å². The molecule has 0 aliphatic rings. The first kappa shape index (κ1) is 34.0. The van der Waals surface area contributed by atoms with Crippen molar-refractivity contribution >= 4 is 66.0 Å². The molecule has 0 aromatic heterocycles. The van der Waals surface area contributed by atoms with Crippen molar-refractivity contribution in [3.63, 3.8) is 0 Å². The van der Waals surface area contributed by atoms with Gasteiger partial charge in [-0.15, -0.1) is 0 Å². The molecule has 0 bridgehead atoms. The van der Waals surface area contributed by atoms with Gasteiger partial charge in [-0.2, -0.15) is 0 Å². The number of nitrogens with zero attached hydrogens (tertiary/aromatic N) is 2. The Morgan fingerprint density at radius 3 is 0.957 bits per heavy atom. The van der Waals surface area contributed by atoms with Gasteiger partial charge in [0.2, 0.25) is 0 Å². The Morgan fingerprint density at radius 2 is 0.696 bits per heavy atom. The number of hydrogen-bond donors (Lipinski definition) is 0. The largest absolute Gasteiger partial charge is 0.310 e. The summed E-state index contributed by atoms with van der Waals surface area (Å²) in [4.78, 5) is 4.82. The highest BCUT2D eigenvalue weighted by atomic mass is 79.9. The van der Waals surface area contributed by atoms with Crippen molar-refractivity contribution in [1.29, 1.82) is 0 Å². The number of aryl methyl sites for hydroxylation is 6. The molecule has 5 aromatic rings. The van der Waals surface area contributed by atoms with Crippen LogP contribution in [0.1, 0.15) is 72.9 Å². The van der Waals surface area contributed by atoms with Crippen LogP contribution >= 0.6 is 31.9 Å². The van der Waals surface area contributed by atoms with E-state index in [1.807, 2.05) is 0 Å². The van der Waals surface area contributed by atoms with Crippen molar-refractivity contribution in [3.05, 3.63) is 139 Å². The van der Waals surface area contributed by atoms with Gasteiger partial charge in [-0.05, 0) is 160 Å². The summed E-state index contributed by atoms with van der Waals surface area (Å²) in [6.07, 6.45) is 7.08. The molecule has 4 heteroatoms. The first-order chi connectivity index (χ1) is 22.2. The number of hydrogen-bond acceptors (Lipinski definition) is 2. The van der Waals surface area contributed by atoms with E-state index in [1.54, 1.807) is 0 Å². The van der Waals surface area contributed by atoms with E-state index in [-0.39, 0.29) is 0 Å². The monoisotopic (exact) mass is 736 g/mol. The summed E-state index contributed by atoms with van der Waals surface area (Å²) >= 11 is 7.29. The predicted octanol–water partition coefficient (Wildman–Crippen LogP) is 14.1. The fraction of sp³-hybridized carbons (Fsp3) is 0.286. The van der Waals surface area contributed by atoms with Gasteiger partial charge in [0, 0.05) is 31.7 Å². The van der Waals surface area contributed by atoms with Crippen LogP contribution < -0.4 is 9.80 Å². The van der Waals surface area contributed by atoms with E-state index in [4.69, 9.17) is 0 Å². The highest BCUT2D eigenvalue weighted by Gasteiger charge is 2.21. The van der Waals surface area contributed by atoms with Crippen molar-refractivity contribution in [2.75, 3.05) is 9.80 Å². The molecule has 238 valence electrons. The lowest BCUT2D eigenvalue weighted by molar-refractivity contribution is 0.794. The molecule has 0 N–H and O–H groups in total. The van der Waals surface area contributed by atoms with E-state index in [1.165, 1.54) is 70.4 Å². The number of unbranched alkanes of at least 4 members (excludes halogenated alkanes) is 2. The number of rotatable bonds is 12. The molecule has 0 saturated heterocycles. The SMILES string of the molecule is CCCCc1cc(C)c(N(c2ccc(Br)cc2)c2ccc(N(c3ccc(Br)cc3)c3c(C)cc(CCCC)cc3C)cc2)c(C)c1. The Labute approximate surface area is 293 Å². The van der Waals surface area contributed by atoms with Gasteiger partial charge in [0.1, 0.15) is 0 Å². The van der Waals surface area contributed by atoms with Crippen molar-refractivity contribution < 1.29 is 0 Å². The van der Waals surface area contributed by atoms with E-state index in [0.29, 0.717) is 0 Å². The molecule has 0 aliphatic carbocycles. The normalized spacial score (nSPS) is 11.1. The van der Waals surface area contributed by atoms with Gasteiger partial charge in [-0.3, -0.25) is 0 Å². The third-order valence-corrected chi connectivity index (χ3v) is 9.78. The molecular weight excluding hydrogens is 692 g/mol. The van der Waals surface area contributed by atoms with Crippen LogP contribution in [0.5, 0.6) is 0 Å². The molecule has 0 spiro atoms. The zero-order valence-electron chi connectivity index (χ0n) is 28.1. The third-order valence-electron chi connectivity index (χ3n) is 8.72. The zero-order chi connectivity index (χ0) is 32.8. The van der Waals surface area contributed by atoms with Crippen LogP contribution in [0.2, 0.25) is 0 Å². The minimum Gasteiger partial charge on any atom is -0.310 e. The Kier molecular flexibility index (Phi) is 11.5. The van der Waals surface area contributed by atoms with E-state index in [2.05, 4.69) is 180 Å². The highest BCUT2D eigenvalue weighted by molar-refractivity contribution is 9.10. The summed E-state index contributed by atoms with van der Waals surface area (Å²) in [7, 11) is 0. The Balaban J connectivity index is 1.62. The van der Waals surface area contributed by atoms with Crippen LogP contribution in [-0.4, -0.2) is 0 Å². The molecular formula is C42H46Br2N2. The summed E-state index contributed by atoms with van der Waals surface area (Å²) in [5.41, 5.74) is 15.1. The molecule has 5 rings (SSSR count). The summed E-state index contributed by atoms with van der Waals surface area (Å²) in [6, 6.07) is 35.9. The van der Waals surface area contributed by atoms with Gasteiger partial charge >= 0.3 is 0 Å². The van der Waals surface area contributed by atoms with Crippen molar-refractivity contribution in [2.24, 2.45) is 0 Å². The summed E-state index contributed by atoms with van der Waals surface area (Å²) in [5.74, 6) is 0. The van der Waals surface area contributed by atoms with Crippen molar-refractivity contribution in [3.8, 4) is 0 Å². The summed E-state index contributed by atoms with van der Waals surface area (Å²) in [5, 5.41) is 0. The second-order valence-electron chi connectivity index (χ2n) is 12.5. The lowest BCUT2D eigenvalue weighted by Crippen LogP contribution is -2.15.